The number of aromatic nitrogens is 2. The maximum absolute atomic E-state index is 12.4. The van der Waals surface area contributed by atoms with Gasteiger partial charge in [0.05, 0.1) is 28.8 Å². The van der Waals surface area contributed by atoms with Crippen molar-refractivity contribution in [2.24, 2.45) is 0 Å². The van der Waals surface area contributed by atoms with Crippen molar-refractivity contribution in [2.45, 2.75) is 19.8 Å². The van der Waals surface area contributed by atoms with E-state index in [1.807, 2.05) is 13.8 Å². The Morgan fingerprint density at radius 1 is 1.33 bits per heavy atom. The van der Waals surface area contributed by atoms with Gasteiger partial charge in [0, 0.05) is 6.20 Å². The van der Waals surface area contributed by atoms with Gasteiger partial charge in [-0.3, -0.25) is 4.79 Å². The smallest absolute Gasteiger partial charge is 0.348 e. The monoisotopic (exact) mass is 345 g/mol. The van der Waals surface area contributed by atoms with Crippen LogP contribution in [-0.2, 0) is 4.74 Å². The van der Waals surface area contributed by atoms with Crippen molar-refractivity contribution in [2.75, 3.05) is 12.4 Å². The van der Waals surface area contributed by atoms with Crippen molar-refractivity contribution in [3.05, 3.63) is 40.5 Å². The Morgan fingerprint density at radius 2 is 2.12 bits per heavy atom. The van der Waals surface area contributed by atoms with E-state index in [0.717, 1.165) is 22.4 Å². The Hall–Kier alpha value is -2.74. The topological polar surface area (TPSA) is 94.3 Å². The van der Waals surface area contributed by atoms with Crippen molar-refractivity contribution < 1.29 is 18.8 Å². The Morgan fingerprint density at radius 3 is 2.83 bits per heavy atom. The minimum Gasteiger partial charge on any atom is -0.465 e. The third kappa shape index (κ3) is 3.00. The van der Waals surface area contributed by atoms with Crippen LogP contribution in [0.3, 0.4) is 0 Å². The van der Waals surface area contributed by atoms with Gasteiger partial charge >= 0.3 is 5.97 Å². The highest BCUT2D eigenvalue weighted by atomic mass is 32.1. The molecule has 7 nitrogen and oxygen atoms in total. The summed E-state index contributed by atoms with van der Waals surface area (Å²) < 4.78 is 9.81. The fourth-order valence-corrected chi connectivity index (χ4v) is 3.01. The molecule has 0 aliphatic carbocycles. The van der Waals surface area contributed by atoms with Gasteiger partial charge < -0.3 is 14.6 Å². The van der Waals surface area contributed by atoms with Crippen LogP contribution in [0.25, 0.3) is 11.1 Å². The zero-order chi connectivity index (χ0) is 17.3. The lowest BCUT2D eigenvalue weighted by Gasteiger charge is -2.03. The molecule has 0 aliphatic heterocycles. The quantitative estimate of drug-likeness (QED) is 0.728. The summed E-state index contributed by atoms with van der Waals surface area (Å²) in [4.78, 5) is 28.4. The molecule has 124 valence electrons. The van der Waals surface area contributed by atoms with Crippen molar-refractivity contribution in [1.82, 2.24) is 10.1 Å². The fourth-order valence-electron chi connectivity index (χ4n) is 2.19. The van der Waals surface area contributed by atoms with Gasteiger partial charge in [0.25, 0.3) is 11.6 Å². The van der Waals surface area contributed by atoms with Crippen LogP contribution in [0.4, 0.5) is 5.00 Å². The highest BCUT2D eigenvalue weighted by molar-refractivity contribution is 7.18. The summed E-state index contributed by atoms with van der Waals surface area (Å²) in [5, 5.41) is 8.01. The van der Waals surface area contributed by atoms with E-state index in [0.29, 0.717) is 21.2 Å². The van der Waals surface area contributed by atoms with Gasteiger partial charge in [0.1, 0.15) is 4.88 Å². The molecule has 0 fully saturated rings. The van der Waals surface area contributed by atoms with Crippen molar-refractivity contribution in [3.63, 3.8) is 0 Å². The molecule has 0 saturated carbocycles. The number of hydrogen-bond donors (Lipinski definition) is 1. The molecule has 3 heterocycles. The van der Waals surface area contributed by atoms with E-state index in [1.54, 1.807) is 18.2 Å². The number of methoxy groups -OCH3 is 1. The van der Waals surface area contributed by atoms with Crippen LogP contribution in [0.1, 0.15) is 45.5 Å². The molecule has 3 aromatic rings. The molecule has 0 aliphatic rings. The van der Waals surface area contributed by atoms with Crippen LogP contribution >= 0.6 is 11.3 Å². The molecule has 0 bridgehead atoms. The number of nitrogens with zero attached hydrogens (tertiary/aromatic N) is 2. The molecule has 0 radical (unpaired) electrons. The zero-order valence-electron chi connectivity index (χ0n) is 13.3. The summed E-state index contributed by atoms with van der Waals surface area (Å²) in [7, 11) is 1.31. The first-order valence-corrected chi connectivity index (χ1v) is 8.06. The molecule has 3 aromatic heterocycles. The van der Waals surface area contributed by atoms with E-state index >= 15 is 0 Å². The second-order valence-corrected chi connectivity index (χ2v) is 6.49. The van der Waals surface area contributed by atoms with Gasteiger partial charge in [-0.05, 0) is 24.1 Å². The van der Waals surface area contributed by atoms with Gasteiger partial charge in [-0.2, -0.15) is 0 Å². The Kier molecular flexibility index (Phi) is 4.30. The van der Waals surface area contributed by atoms with Gasteiger partial charge in [0.2, 0.25) is 0 Å². The molecule has 1 amide bonds. The normalized spacial score (nSPS) is 11.0. The van der Waals surface area contributed by atoms with E-state index in [9.17, 15) is 9.59 Å². The standard InChI is InChI=1S/C16H15N3O4S/c1-8(2)13-10-6-9(7-17-15(10)23-19-13)14(20)18-12-5-4-11(24-12)16(21)22-3/h4-8H,1-3H3,(H,18,20). The molecular weight excluding hydrogens is 330 g/mol. The molecule has 24 heavy (non-hydrogen) atoms. The van der Waals surface area contributed by atoms with Crippen LogP contribution < -0.4 is 5.32 Å². The van der Waals surface area contributed by atoms with E-state index in [4.69, 9.17) is 4.52 Å². The summed E-state index contributed by atoms with van der Waals surface area (Å²) in [5.41, 5.74) is 1.55. The third-order valence-corrected chi connectivity index (χ3v) is 4.38. The molecule has 8 heteroatoms. The molecule has 0 atom stereocenters. The van der Waals surface area contributed by atoms with E-state index < -0.39 is 5.97 Å². The minimum atomic E-state index is -0.436. The van der Waals surface area contributed by atoms with Gasteiger partial charge in [-0.1, -0.05) is 19.0 Å². The average Bonchev–Trinajstić information content (AvgIpc) is 3.19. The molecule has 0 unspecified atom stereocenters. The molecule has 0 spiro atoms. The van der Waals surface area contributed by atoms with E-state index in [-0.39, 0.29) is 11.8 Å². The van der Waals surface area contributed by atoms with Gasteiger partial charge in [-0.15, -0.1) is 11.3 Å². The third-order valence-electron chi connectivity index (χ3n) is 3.40. The predicted octanol–water partition coefficient (Wildman–Crippen LogP) is 3.45. The van der Waals surface area contributed by atoms with E-state index in [1.165, 1.54) is 13.3 Å². The number of anilines is 1. The van der Waals surface area contributed by atoms with Crippen LogP contribution in [0.2, 0.25) is 0 Å². The molecule has 1 N–H and O–H groups in total. The second kappa shape index (κ2) is 6.40. The van der Waals surface area contributed by atoms with Gasteiger partial charge in [0.15, 0.2) is 0 Å². The summed E-state index contributed by atoms with van der Waals surface area (Å²) >= 11 is 1.14. The number of rotatable bonds is 4. The largest absolute Gasteiger partial charge is 0.465 e. The summed E-state index contributed by atoms with van der Waals surface area (Å²) in [5.74, 6) is -0.598. The number of carbonyl (C=O) groups excluding carboxylic acids is 2. The lowest BCUT2D eigenvalue weighted by atomic mass is 10.1. The van der Waals surface area contributed by atoms with Crippen molar-refractivity contribution in [3.8, 4) is 0 Å². The number of carbonyl (C=O) groups is 2. The van der Waals surface area contributed by atoms with Crippen molar-refractivity contribution >= 4 is 39.3 Å². The molecular formula is C16H15N3O4S. The Balaban J connectivity index is 1.84. The number of fused-ring (bicyclic) bond motifs is 1. The van der Waals surface area contributed by atoms with Crippen LogP contribution in [0.5, 0.6) is 0 Å². The number of pyridine rings is 1. The SMILES string of the molecule is COC(=O)c1ccc(NC(=O)c2cnc3onc(C(C)C)c3c2)s1. The lowest BCUT2D eigenvalue weighted by molar-refractivity contribution is 0.0606. The van der Waals surface area contributed by atoms with Crippen LogP contribution in [-0.4, -0.2) is 29.1 Å². The first kappa shape index (κ1) is 16.1. The maximum Gasteiger partial charge on any atom is 0.348 e. The lowest BCUT2D eigenvalue weighted by Crippen LogP contribution is -2.11. The number of hydrogen-bond acceptors (Lipinski definition) is 7. The molecule has 0 saturated heterocycles. The first-order chi connectivity index (χ1) is 11.5. The number of thiophene rings is 1. The van der Waals surface area contributed by atoms with E-state index in [2.05, 4.69) is 20.2 Å². The predicted molar refractivity (Wildman–Crippen MR) is 89.5 cm³/mol. The highest BCUT2D eigenvalue weighted by Gasteiger charge is 2.17. The maximum atomic E-state index is 12.4. The molecule has 3 rings (SSSR count). The fraction of sp³-hybridized carbons (Fsp3) is 0.250. The van der Waals surface area contributed by atoms with Crippen LogP contribution in [0, 0.1) is 0 Å². The Labute approximate surface area is 141 Å². The highest BCUT2D eigenvalue weighted by Crippen LogP contribution is 2.26. The number of amides is 1. The average molecular weight is 345 g/mol. The molecule has 0 aromatic carbocycles. The number of esters is 1. The summed E-state index contributed by atoms with van der Waals surface area (Å²) in [6.45, 7) is 3.98. The number of ether oxygens (including phenoxy) is 1. The first-order valence-electron chi connectivity index (χ1n) is 7.24. The Bertz CT molecular complexity index is 913. The van der Waals surface area contributed by atoms with Crippen LogP contribution in [0.15, 0.2) is 28.9 Å². The van der Waals surface area contributed by atoms with Gasteiger partial charge in [-0.25, -0.2) is 9.78 Å². The second-order valence-electron chi connectivity index (χ2n) is 5.41. The summed E-state index contributed by atoms with van der Waals surface area (Å²) in [6.07, 6.45) is 1.43. The zero-order valence-corrected chi connectivity index (χ0v) is 14.1. The number of nitrogens with one attached hydrogen (secondary N) is 1. The minimum absolute atomic E-state index is 0.159. The summed E-state index contributed by atoms with van der Waals surface area (Å²) in [6, 6.07) is 4.96. The van der Waals surface area contributed by atoms with Crippen molar-refractivity contribution in [1.29, 1.82) is 0 Å².